The van der Waals surface area contributed by atoms with Gasteiger partial charge in [0.2, 0.25) is 0 Å². The van der Waals surface area contributed by atoms with Crippen molar-refractivity contribution >= 4 is 13.6 Å². The predicted octanol–water partition coefficient (Wildman–Crippen LogP) is 3.29. The SMILES string of the molecule is CCP(CC)Cc1ccc(N)cc1. The van der Waals surface area contributed by atoms with E-state index in [9.17, 15) is 0 Å². The zero-order valence-electron chi connectivity index (χ0n) is 8.46. The molecule has 1 aromatic rings. The average molecular weight is 195 g/mol. The van der Waals surface area contributed by atoms with Crippen molar-refractivity contribution in [3.8, 4) is 0 Å². The van der Waals surface area contributed by atoms with Crippen molar-refractivity contribution in [3.05, 3.63) is 29.8 Å². The van der Waals surface area contributed by atoms with Crippen molar-refractivity contribution < 1.29 is 0 Å². The van der Waals surface area contributed by atoms with Crippen molar-refractivity contribution in [2.75, 3.05) is 18.1 Å². The molecule has 0 spiro atoms. The van der Waals surface area contributed by atoms with Crippen LogP contribution in [-0.4, -0.2) is 12.3 Å². The topological polar surface area (TPSA) is 26.0 Å². The van der Waals surface area contributed by atoms with E-state index in [4.69, 9.17) is 5.73 Å². The van der Waals surface area contributed by atoms with Gasteiger partial charge in [-0.15, -0.1) is 7.92 Å². The quantitative estimate of drug-likeness (QED) is 0.579. The maximum Gasteiger partial charge on any atom is 0.0314 e. The Morgan fingerprint density at radius 2 is 1.62 bits per heavy atom. The summed E-state index contributed by atoms with van der Waals surface area (Å²) in [5.41, 5.74) is 7.92. The Bertz CT molecular complexity index is 239. The number of benzene rings is 1. The standard InChI is InChI=1S/C11H18NP/c1-3-13(4-2)9-10-5-7-11(12)8-6-10/h5-8H,3-4,9,12H2,1-2H3. The molecule has 0 aliphatic carbocycles. The third-order valence-electron chi connectivity index (χ3n) is 2.28. The highest BCUT2D eigenvalue weighted by Crippen LogP contribution is 2.38. The fourth-order valence-corrected chi connectivity index (χ4v) is 2.95. The van der Waals surface area contributed by atoms with Gasteiger partial charge in [-0.3, -0.25) is 0 Å². The molecule has 2 heteroatoms. The minimum Gasteiger partial charge on any atom is -0.399 e. The molecule has 0 heterocycles. The lowest BCUT2D eigenvalue weighted by molar-refractivity contribution is 1.31. The second-order valence-corrected chi connectivity index (χ2v) is 6.13. The van der Waals surface area contributed by atoms with Gasteiger partial charge in [0.25, 0.3) is 0 Å². The summed E-state index contributed by atoms with van der Waals surface area (Å²) in [5.74, 6) is 0. The molecule has 0 aromatic heterocycles. The lowest BCUT2D eigenvalue weighted by Crippen LogP contribution is -1.90. The zero-order chi connectivity index (χ0) is 9.68. The smallest absolute Gasteiger partial charge is 0.0314 e. The molecule has 0 saturated heterocycles. The number of nitrogens with two attached hydrogens (primary N) is 1. The molecule has 1 rings (SSSR count). The van der Waals surface area contributed by atoms with E-state index in [1.54, 1.807) is 0 Å². The zero-order valence-corrected chi connectivity index (χ0v) is 9.35. The molecule has 0 unspecified atom stereocenters. The van der Waals surface area contributed by atoms with Crippen LogP contribution in [0.15, 0.2) is 24.3 Å². The molecule has 0 radical (unpaired) electrons. The molecule has 1 nitrogen and oxygen atoms in total. The van der Waals surface area contributed by atoms with Crippen LogP contribution < -0.4 is 5.73 Å². The van der Waals surface area contributed by atoms with E-state index >= 15 is 0 Å². The Balaban J connectivity index is 2.58. The first-order valence-corrected chi connectivity index (χ1v) is 6.72. The third kappa shape index (κ3) is 3.36. The van der Waals surface area contributed by atoms with E-state index < -0.39 is 0 Å². The number of anilines is 1. The molecule has 0 aliphatic heterocycles. The number of hydrogen-bond donors (Lipinski definition) is 1. The molecule has 0 amide bonds. The van der Waals surface area contributed by atoms with Crippen LogP contribution in [0.25, 0.3) is 0 Å². The summed E-state index contributed by atoms with van der Waals surface area (Å²) >= 11 is 0. The molecule has 0 fully saturated rings. The van der Waals surface area contributed by atoms with Crippen LogP contribution in [-0.2, 0) is 6.16 Å². The van der Waals surface area contributed by atoms with E-state index in [0.29, 0.717) is 0 Å². The predicted molar refractivity (Wildman–Crippen MR) is 62.6 cm³/mol. The first-order valence-electron chi connectivity index (χ1n) is 4.83. The van der Waals surface area contributed by atoms with Crippen LogP contribution in [0.1, 0.15) is 19.4 Å². The van der Waals surface area contributed by atoms with E-state index in [2.05, 4.69) is 26.0 Å². The number of hydrogen-bond acceptors (Lipinski definition) is 1. The van der Waals surface area contributed by atoms with Crippen LogP contribution >= 0.6 is 7.92 Å². The van der Waals surface area contributed by atoms with Crippen LogP contribution in [0.2, 0.25) is 0 Å². The summed E-state index contributed by atoms with van der Waals surface area (Å²) in [6.07, 6.45) is 3.91. The Labute approximate surface area is 82.1 Å². The summed E-state index contributed by atoms with van der Waals surface area (Å²) in [6, 6.07) is 8.29. The monoisotopic (exact) mass is 195 g/mol. The largest absolute Gasteiger partial charge is 0.399 e. The van der Waals surface area contributed by atoms with Gasteiger partial charge in [0.05, 0.1) is 0 Å². The second-order valence-electron chi connectivity index (χ2n) is 3.20. The van der Waals surface area contributed by atoms with Crippen molar-refractivity contribution in [2.45, 2.75) is 20.0 Å². The van der Waals surface area contributed by atoms with E-state index in [-0.39, 0.29) is 7.92 Å². The van der Waals surface area contributed by atoms with E-state index in [1.807, 2.05) is 12.1 Å². The molecular formula is C11H18NP. The van der Waals surface area contributed by atoms with Gasteiger partial charge in [0.1, 0.15) is 0 Å². The van der Waals surface area contributed by atoms with Crippen molar-refractivity contribution in [2.24, 2.45) is 0 Å². The highest BCUT2D eigenvalue weighted by Gasteiger charge is 2.02. The highest BCUT2D eigenvalue weighted by atomic mass is 31.1. The van der Waals surface area contributed by atoms with Gasteiger partial charge in [-0.05, 0) is 36.2 Å². The lowest BCUT2D eigenvalue weighted by atomic mass is 10.2. The average Bonchev–Trinajstić information content (AvgIpc) is 2.17. The highest BCUT2D eigenvalue weighted by molar-refractivity contribution is 7.56. The van der Waals surface area contributed by atoms with Crippen molar-refractivity contribution in [1.82, 2.24) is 0 Å². The first-order chi connectivity index (χ1) is 6.26. The maximum atomic E-state index is 5.63. The fraction of sp³-hybridized carbons (Fsp3) is 0.455. The van der Waals surface area contributed by atoms with Gasteiger partial charge in [-0.2, -0.15) is 0 Å². The van der Waals surface area contributed by atoms with Gasteiger partial charge in [0, 0.05) is 5.69 Å². The second kappa shape index (κ2) is 5.24. The molecular weight excluding hydrogens is 177 g/mol. The van der Waals surface area contributed by atoms with E-state index in [1.165, 1.54) is 24.0 Å². The maximum absolute atomic E-state index is 5.63. The lowest BCUT2D eigenvalue weighted by Gasteiger charge is -2.12. The molecule has 0 aliphatic rings. The molecule has 0 saturated carbocycles. The summed E-state index contributed by atoms with van der Waals surface area (Å²) in [5, 5.41) is 0. The van der Waals surface area contributed by atoms with E-state index in [0.717, 1.165) is 5.69 Å². The fourth-order valence-electron chi connectivity index (χ4n) is 1.33. The Kier molecular flexibility index (Phi) is 4.24. The third-order valence-corrected chi connectivity index (χ3v) is 4.88. The number of rotatable bonds is 4. The Hall–Kier alpha value is -0.550. The minimum atomic E-state index is 0.217. The molecule has 2 N–H and O–H groups in total. The summed E-state index contributed by atoms with van der Waals surface area (Å²) in [4.78, 5) is 0. The normalized spacial score (nSPS) is 10.7. The minimum absolute atomic E-state index is 0.217. The van der Waals surface area contributed by atoms with Crippen molar-refractivity contribution in [1.29, 1.82) is 0 Å². The molecule has 0 bridgehead atoms. The van der Waals surface area contributed by atoms with Gasteiger partial charge < -0.3 is 5.73 Å². The summed E-state index contributed by atoms with van der Waals surface area (Å²) in [7, 11) is 0.217. The molecule has 1 aromatic carbocycles. The Morgan fingerprint density at radius 1 is 1.08 bits per heavy atom. The molecule has 13 heavy (non-hydrogen) atoms. The molecule has 0 atom stereocenters. The van der Waals surface area contributed by atoms with Crippen LogP contribution in [0.4, 0.5) is 5.69 Å². The van der Waals surface area contributed by atoms with Crippen LogP contribution in [0.5, 0.6) is 0 Å². The number of nitrogen functional groups attached to an aromatic ring is 1. The van der Waals surface area contributed by atoms with Crippen molar-refractivity contribution in [3.63, 3.8) is 0 Å². The summed E-state index contributed by atoms with van der Waals surface area (Å²) < 4.78 is 0. The first kappa shape index (κ1) is 10.5. The summed E-state index contributed by atoms with van der Waals surface area (Å²) in [6.45, 7) is 4.57. The van der Waals surface area contributed by atoms with Gasteiger partial charge >= 0.3 is 0 Å². The van der Waals surface area contributed by atoms with Gasteiger partial charge in [-0.1, -0.05) is 26.0 Å². The van der Waals surface area contributed by atoms with Gasteiger partial charge in [-0.25, -0.2) is 0 Å². The van der Waals surface area contributed by atoms with Crippen LogP contribution in [0.3, 0.4) is 0 Å². The molecule has 72 valence electrons. The van der Waals surface area contributed by atoms with Gasteiger partial charge in [0.15, 0.2) is 0 Å². The Morgan fingerprint density at radius 3 is 2.08 bits per heavy atom. The van der Waals surface area contributed by atoms with Crippen LogP contribution in [0, 0.1) is 0 Å².